The van der Waals surface area contributed by atoms with E-state index in [0.29, 0.717) is 16.4 Å². The van der Waals surface area contributed by atoms with Gasteiger partial charge in [0.2, 0.25) is 0 Å². The van der Waals surface area contributed by atoms with Gasteiger partial charge < -0.3 is 23.1 Å². The van der Waals surface area contributed by atoms with Gasteiger partial charge in [-0.1, -0.05) is 177 Å². The molecule has 2 heterocycles. The van der Waals surface area contributed by atoms with Crippen molar-refractivity contribution in [2.24, 2.45) is 0 Å². The standard InChI is InChI=1S/C18H15OP.C17H7F3O5.C16H19OP.Eu/c19-20(16-10-4-1-5-11-16,17-12-6-2-7-13-17)18-14-8-3-9-15-18;18-17(19,20)15(22)13-14(21)9-6-11-8(5-12(9)25-16(13)23)7-3-1-2-4-10(7)24-11;1-5-14(6-2)18(17,15(7-3)8-4)16-12-10-9-11-13-16;/h1-15H;1-6,21H;5-13H,1,3H2,2,4H3;/b;;14-6+,15-8+;. The predicted octanol–water partition coefficient (Wildman–Crippen LogP) is 12.3. The summed E-state index contributed by atoms with van der Waals surface area (Å²) in [6.45, 7) is 11.3. The first kappa shape index (κ1) is 49.6. The number of carbonyl (C=O) groups excluding carboxylic acids is 1. The summed E-state index contributed by atoms with van der Waals surface area (Å²) in [5.41, 5.74) is -2.38. The number of para-hydroxylation sites is 1. The van der Waals surface area contributed by atoms with Crippen molar-refractivity contribution in [3.05, 3.63) is 222 Å². The zero-order valence-corrected chi connectivity index (χ0v) is 38.8. The molecule has 1 N–H and O–H groups in total. The third kappa shape index (κ3) is 10.1. The van der Waals surface area contributed by atoms with Crippen molar-refractivity contribution in [1.82, 2.24) is 0 Å². The summed E-state index contributed by atoms with van der Waals surface area (Å²) < 4.78 is 75.6. The van der Waals surface area contributed by atoms with E-state index in [1.54, 1.807) is 36.4 Å². The average molecular weight is 1040 g/mol. The minimum atomic E-state index is -5.32. The summed E-state index contributed by atoms with van der Waals surface area (Å²) in [5, 5.41) is 16.0. The van der Waals surface area contributed by atoms with Crippen molar-refractivity contribution < 1.29 is 90.4 Å². The molecule has 0 aliphatic carbocycles. The number of alkyl halides is 3. The Kier molecular flexibility index (Phi) is 16.7. The largest absolute Gasteiger partial charge is 0.506 e. The van der Waals surface area contributed by atoms with E-state index in [9.17, 15) is 37.0 Å². The van der Waals surface area contributed by atoms with Crippen LogP contribution in [0.1, 0.15) is 24.2 Å². The second-order valence-corrected chi connectivity index (χ2v) is 19.3. The molecule has 6 aromatic carbocycles. The Bertz CT molecular complexity index is 3030. The fourth-order valence-electron chi connectivity index (χ4n) is 7.05. The monoisotopic (exact) mass is 1040 g/mol. The first-order chi connectivity index (χ1) is 30.2. The van der Waals surface area contributed by atoms with Gasteiger partial charge in [0.1, 0.15) is 22.5 Å². The molecular formula is C51H41EuF3O7P2. The summed E-state index contributed by atoms with van der Waals surface area (Å²) >= 11 is 0. The second-order valence-electron chi connectivity index (χ2n) is 13.8. The Balaban J connectivity index is 0.000000182. The van der Waals surface area contributed by atoms with E-state index >= 15 is 0 Å². The number of rotatable bonds is 9. The maximum Gasteiger partial charge on any atom is 0.455 e. The average Bonchev–Trinajstić information content (AvgIpc) is 3.67. The molecule has 0 atom stereocenters. The van der Waals surface area contributed by atoms with Crippen LogP contribution in [0.5, 0.6) is 5.75 Å². The van der Waals surface area contributed by atoms with Gasteiger partial charge >= 0.3 is 11.8 Å². The van der Waals surface area contributed by atoms with Crippen LogP contribution in [-0.2, 0) is 9.13 Å². The zero-order chi connectivity index (χ0) is 45.4. The summed E-state index contributed by atoms with van der Waals surface area (Å²) in [6, 6.07) is 48.2. The molecule has 0 bridgehead atoms. The predicted molar refractivity (Wildman–Crippen MR) is 249 cm³/mol. The topological polar surface area (TPSA) is 115 Å². The van der Waals surface area contributed by atoms with Crippen molar-refractivity contribution in [2.75, 3.05) is 0 Å². The smallest absolute Gasteiger partial charge is 0.455 e. The summed E-state index contributed by atoms with van der Waals surface area (Å²) in [7, 11) is -5.58. The van der Waals surface area contributed by atoms with Crippen molar-refractivity contribution >= 4 is 74.2 Å². The van der Waals surface area contributed by atoms with E-state index in [0.717, 1.165) is 31.8 Å². The van der Waals surface area contributed by atoms with Crippen LogP contribution >= 0.6 is 14.3 Å². The molecule has 13 heteroatoms. The quantitative estimate of drug-likeness (QED) is 0.0663. The minimum Gasteiger partial charge on any atom is -0.506 e. The Morgan fingerprint density at radius 2 is 0.969 bits per heavy atom. The van der Waals surface area contributed by atoms with Gasteiger partial charge in [-0.3, -0.25) is 4.79 Å². The number of furan rings is 1. The van der Waals surface area contributed by atoms with Crippen LogP contribution in [0.3, 0.4) is 0 Å². The molecule has 0 aliphatic heterocycles. The Morgan fingerprint density at radius 3 is 1.39 bits per heavy atom. The van der Waals surface area contributed by atoms with Gasteiger partial charge in [0.25, 0.3) is 5.78 Å². The number of benzene rings is 6. The third-order valence-electron chi connectivity index (χ3n) is 10.1. The molecule has 0 saturated carbocycles. The third-order valence-corrected chi connectivity index (χ3v) is 16.5. The maximum atomic E-state index is 13.8. The molecule has 0 amide bonds. The molecule has 0 spiro atoms. The maximum absolute atomic E-state index is 13.8. The number of hydrogen-bond acceptors (Lipinski definition) is 7. The van der Waals surface area contributed by atoms with E-state index in [1.807, 2.05) is 147 Å². The fraction of sp³-hybridized carbons (Fsp3) is 0.0588. The molecule has 0 aliphatic rings. The van der Waals surface area contributed by atoms with Crippen LogP contribution < -0.4 is 26.8 Å². The summed E-state index contributed by atoms with van der Waals surface area (Å²) in [6.07, 6.45) is 1.73. The summed E-state index contributed by atoms with van der Waals surface area (Å²) in [4.78, 5) is 23.2. The summed E-state index contributed by atoms with van der Waals surface area (Å²) in [5.74, 6) is -3.55. The molecule has 7 nitrogen and oxygen atoms in total. The molecule has 8 aromatic rings. The van der Waals surface area contributed by atoms with E-state index < -0.39 is 43.2 Å². The second kappa shape index (κ2) is 21.5. The minimum absolute atomic E-state index is 0. The molecule has 325 valence electrons. The molecule has 0 unspecified atom stereocenters. The van der Waals surface area contributed by atoms with Crippen LogP contribution in [0.2, 0.25) is 0 Å². The molecule has 0 saturated heterocycles. The van der Waals surface area contributed by atoms with E-state index in [4.69, 9.17) is 8.83 Å². The van der Waals surface area contributed by atoms with E-state index in [2.05, 4.69) is 13.2 Å². The van der Waals surface area contributed by atoms with Gasteiger partial charge in [0.15, 0.2) is 19.8 Å². The number of carbonyl (C=O) groups is 1. The van der Waals surface area contributed by atoms with Crippen molar-refractivity contribution in [2.45, 2.75) is 20.0 Å². The first-order valence-electron chi connectivity index (χ1n) is 19.5. The van der Waals surface area contributed by atoms with E-state index in [-0.39, 0.29) is 65.9 Å². The van der Waals surface area contributed by atoms with Gasteiger partial charge in [0, 0.05) is 92.0 Å². The van der Waals surface area contributed by atoms with Crippen molar-refractivity contribution in [1.29, 1.82) is 0 Å². The molecule has 1 radical (unpaired) electrons. The van der Waals surface area contributed by atoms with Crippen LogP contribution in [0.4, 0.5) is 13.2 Å². The number of Topliss-reactive ketones (excluding diaryl/α,β-unsaturated/α-hetero) is 1. The SMILES string of the molecule is C=C/C(=C\C)P(=O)(/C(C=C)=C/C)c1ccccc1.O=C(c1c(O)c2cc3oc4ccccc4c3cc2oc1=O)C(F)(F)F.O=P(c1ccccc1)(c1ccccc1)c1ccccc1.[Eu]. The molecular weight excluding hydrogens is 995 g/mol. The Labute approximate surface area is 408 Å². The van der Waals surface area contributed by atoms with Gasteiger partial charge in [-0.15, -0.1) is 0 Å². The van der Waals surface area contributed by atoms with Gasteiger partial charge in [-0.05, 0) is 32.0 Å². The normalized spacial score (nSPS) is 12.8. The fourth-order valence-corrected chi connectivity index (χ4v) is 12.4. The Hall–Kier alpha value is -5.41. The number of aromatic hydroxyl groups is 1. The van der Waals surface area contributed by atoms with Crippen LogP contribution in [0.25, 0.3) is 32.9 Å². The zero-order valence-electron chi connectivity index (χ0n) is 34.5. The van der Waals surface area contributed by atoms with Gasteiger partial charge in [-0.2, -0.15) is 13.2 Å². The molecule has 0 fully saturated rings. The van der Waals surface area contributed by atoms with Crippen LogP contribution in [-0.4, -0.2) is 17.1 Å². The number of ketones is 1. The molecule has 8 rings (SSSR count). The molecule has 2 aromatic heterocycles. The van der Waals surface area contributed by atoms with Crippen molar-refractivity contribution in [3.63, 3.8) is 0 Å². The Morgan fingerprint density at radius 1 is 0.578 bits per heavy atom. The number of fused-ring (bicyclic) bond motifs is 4. The van der Waals surface area contributed by atoms with Gasteiger partial charge in [-0.25, -0.2) is 4.79 Å². The number of allylic oxidation sites excluding steroid dienone is 6. The number of halogens is 3. The van der Waals surface area contributed by atoms with Gasteiger partial charge in [0.05, 0.1) is 5.39 Å². The number of hydrogen-bond donors (Lipinski definition) is 1. The van der Waals surface area contributed by atoms with Crippen LogP contribution in [0, 0.1) is 49.4 Å². The first-order valence-corrected chi connectivity index (χ1v) is 22.9. The van der Waals surface area contributed by atoms with E-state index in [1.165, 1.54) is 12.1 Å². The van der Waals surface area contributed by atoms with Crippen LogP contribution in [0.15, 0.2) is 219 Å². The molecule has 64 heavy (non-hydrogen) atoms. The van der Waals surface area contributed by atoms with Crippen molar-refractivity contribution in [3.8, 4) is 5.75 Å².